The fourth-order valence-electron chi connectivity index (χ4n) is 1.87. The lowest BCUT2D eigenvalue weighted by Gasteiger charge is -2.13. The molecular formula is C15H14BrF2N3O2. The number of hydrogen-bond donors (Lipinski definition) is 3. The Hall–Kier alpha value is -2.22. The summed E-state index contributed by atoms with van der Waals surface area (Å²) < 4.78 is 28.5. The van der Waals surface area contributed by atoms with Crippen molar-refractivity contribution in [2.24, 2.45) is 0 Å². The van der Waals surface area contributed by atoms with Crippen LogP contribution in [0.2, 0.25) is 0 Å². The molecule has 1 amide bonds. The summed E-state index contributed by atoms with van der Waals surface area (Å²) in [5.41, 5.74) is -1.54. The summed E-state index contributed by atoms with van der Waals surface area (Å²) in [6, 6.07) is 4.10. The molecule has 0 saturated carbocycles. The number of carbonyl (C=O) groups excluding carboxylic acids is 1. The van der Waals surface area contributed by atoms with E-state index in [9.17, 15) is 18.4 Å². The first kappa shape index (κ1) is 17.1. The quantitative estimate of drug-likeness (QED) is 0.739. The first-order chi connectivity index (χ1) is 10.9. The fraction of sp³-hybridized carbons (Fsp3) is 0.200. The van der Waals surface area contributed by atoms with E-state index in [1.54, 1.807) is 6.07 Å². The molecule has 0 fully saturated rings. The number of carbonyl (C=O) groups is 1. The van der Waals surface area contributed by atoms with Crippen LogP contribution in [0.4, 0.5) is 20.2 Å². The van der Waals surface area contributed by atoms with Gasteiger partial charge in [0.25, 0.3) is 11.5 Å². The lowest BCUT2D eigenvalue weighted by atomic mass is 10.2. The zero-order valence-corrected chi connectivity index (χ0v) is 13.8. The SMILES string of the molecule is CCCNC(=O)c1c[nH]c(=O)c(F)c1Nc1ccc(Br)cc1F. The Balaban J connectivity index is 2.45. The van der Waals surface area contributed by atoms with Gasteiger partial charge in [-0.25, -0.2) is 4.39 Å². The number of H-pyrrole nitrogens is 1. The van der Waals surface area contributed by atoms with Crippen molar-refractivity contribution in [1.29, 1.82) is 0 Å². The molecule has 0 aliphatic carbocycles. The third-order valence-electron chi connectivity index (χ3n) is 3.01. The average Bonchev–Trinajstić information content (AvgIpc) is 2.52. The number of aromatic amines is 1. The topological polar surface area (TPSA) is 74.0 Å². The van der Waals surface area contributed by atoms with Crippen molar-refractivity contribution in [2.75, 3.05) is 11.9 Å². The molecule has 0 bridgehead atoms. The number of nitrogens with one attached hydrogen (secondary N) is 3. The maximum Gasteiger partial charge on any atom is 0.286 e. The number of hydrogen-bond acceptors (Lipinski definition) is 3. The Morgan fingerprint density at radius 3 is 2.74 bits per heavy atom. The normalized spacial score (nSPS) is 10.4. The van der Waals surface area contributed by atoms with Crippen molar-refractivity contribution in [3.63, 3.8) is 0 Å². The minimum Gasteiger partial charge on any atom is -0.352 e. The Morgan fingerprint density at radius 1 is 1.35 bits per heavy atom. The van der Waals surface area contributed by atoms with Crippen LogP contribution in [-0.2, 0) is 0 Å². The summed E-state index contributed by atoms with van der Waals surface area (Å²) in [7, 11) is 0. The summed E-state index contributed by atoms with van der Waals surface area (Å²) in [5.74, 6) is -2.41. The molecule has 0 aliphatic heterocycles. The minimum absolute atomic E-state index is 0.0535. The van der Waals surface area contributed by atoms with Crippen LogP contribution in [-0.4, -0.2) is 17.4 Å². The van der Waals surface area contributed by atoms with Gasteiger partial charge < -0.3 is 15.6 Å². The molecule has 23 heavy (non-hydrogen) atoms. The highest BCUT2D eigenvalue weighted by Crippen LogP contribution is 2.26. The van der Waals surface area contributed by atoms with Gasteiger partial charge in [0.05, 0.1) is 16.9 Å². The van der Waals surface area contributed by atoms with Crippen LogP contribution in [0.3, 0.4) is 0 Å². The van der Waals surface area contributed by atoms with Crippen LogP contribution in [0, 0.1) is 11.6 Å². The van der Waals surface area contributed by atoms with Crippen LogP contribution in [0.5, 0.6) is 0 Å². The van der Waals surface area contributed by atoms with E-state index in [1.807, 2.05) is 6.92 Å². The molecule has 2 aromatic rings. The molecule has 0 unspecified atom stereocenters. The molecule has 122 valence electrons. The van der Waals surface area contributed by atoms with Gasteiger partial charge in [-0.2, -0.15) is 4.39 Å². The second kappa shape index (κ2) is 7.36. The van der Waals surface area contributed by atoms with E-state index in [0.717, 1.165) is 6.20 Å². The third-order valence-corrected chi connectivity index (χ3v) is 3.50. The van der Waals surface area contributed by atoms with Crippen LogP contribution in [0.25, 0.3) is 0 Å². The van der Waals surface area contributed by atoms with E-state index in [4.69, 9.17) is 0 Å². The second-order valence-corrected chi connectivity index (χ2v) is 5.64. The largest absolute Gasteiger partial charge is 0.352 e. The van der Waals surface area contributed by atoms with E-state index in [2.05, 4.69) is 31.5 Å². The molecule has 1 heterocycles. The van der Waals surface area contributed by atoms with Gasteiger partial charge in [0.1, 0.15) is 5.82 Å². The molecule has 1 aromatic heterocycles. The van der Waals surface area contributed by atoms with Crippen molar-refractivity contribution in [3.05, 3.63) is 56.4 Å². The molecule has 0 radical (unpaired) electrons. The fourth-order valence-corrected chi connectivity index (χ4v) is 2.20. The number of halogens is 3. The van der Waals surface area contributed by atoms with Gasteiger partial charge in [0.2, 0.25) is 5.82 Å². The molecule has 0 atom stereocenters. The lowest BCUT2D eigenvalue weighted by Crippen LogP contribution is -2.27. The van der Waals surface area contributed by atoms with E-state index in [1.165, 1.54) is 12.1 Å². The zero-order valence-electron chi connectivity index (χ0n) is 12.2. The van der Waals surface area contributed by atoms with Crippen LogP contribution < -0.4 is 16.2 Å². The Bertz CT molecular complexity index is 793. The van der Waals surface area contributed by atoms with E-state index < -0.39 is 23.1 Å². The number of rotatable bonds is 5. The van der Waals surface area contributed by atoms with Gasteiger partial charge in [0.15, 0.2) is 0 Å². The first-order valence-electron chi connectivity index (χ1n) is 6.85. The first-order valence-corrected chi connectivity index (χ1v) is 7.64. The van der Waals surface area contributed by atoms with Crippen molar-refractivity contribution < 1.29 is 13.6 Å². The van der Waals surface area contributed by atoms with Gasteiger partial charge in [-0.3, -0.25) is 9.59 Å². The van der Waals surface area contributed by atoms with Crippen molar-refractivity contribution in [2.45, 2.75) is 13.3 Å². The van der Waals surface area contributed by atoms with E-state index in [0.29, 0.717) is 17.4 Å². The molecule has 0 aliphatic rings. The van der Waals surface area contributed by atoms with Crippen molar-refractivity contribution >= 4 is 33.2 Å². The molecular weight excluding hydrogens is 372 g/mol. The van der Waals surface area contributed by atoms with Crippen LogP contribution >= 0.6 is 15.9 Å². The van der Waals surface area contributed by atoms with Gasteiger partial charge in [0, 0.05) is 17.2 Å². The number of aromatic nitrogens is 1. The predicted octanol–water partition coefficient (Wildman–Crippen LogP) is 3.30. The molecule has 3 N–H and O–H groups in total. The number of anilines is 2. The number of benzene rings is 1. The van der Waals surface area contributed by atoms with Crippen molar-refractivity contribution in [3.8, 4) is 0 Å². The molecule has 0 saturated heterocycles. The zero-order chi connectivity index (χ0) is 17.0. The maximum atomic E-state index is 14.1. The van der Waals surface area contributed by atoms with Gasteiger partial charge in [-0.05, 0) is 24.6 Å². The van der Waals surface area contributed by atoms with Gasteiger partial charge in [-0.15, -0.1) is 0 Å². The third kappa shape index (κ3) is 3.95. The molecule has 8 heteroatoms. The highest BCUT2D eigenvalue weighted by molar-refractivity contribution is 9.10. The predicted molar refractivity (Wildman–Crippen MR) is 87.0 cm³/mol. The molecule has 0 spiro atoms. The second-order valence-electron chi connectivity index (χ2n) is 4.73. The Kier molecular flexibility index (Phi) is 5.49. The van der Waals surface area contributed by atoms with E-state index in [-0.39, 0.29) is 16.9 Å². The number of pyridine rings is 1. The highest BCUT2D eigenvalue weighted by Gasteiger charge is 2.19. The summed E-state index contributed by atoms with van der Waals surface area (Å²) in [4.78, 5) is 25.7. The summed E-state index contributed by atoms with van der Waals surface area (Å²) >= 11 is 3.11. The summed E-state index contributed by atoms with van der Waals surface area (Å²) in [5, 5.41) is 5.06. The van der Waals surface area contributed by atoms with Gasteiger partial charge >= 0.3 is 0 Å². The Morgan fingerprint density at radius 2 is 2.09 bits per heavy atom. The smallest absolute Gasteiger partial charge is 0.286 e. The summed E-state index contributed by atoms with van der Waals surface area (Å²) in [6.07, 6.45) is 1.79. The number of amides is 1. The van der Waals surface area contributed by atoms with Crippen LogP contribution in [0.15, 0.2) is 33.7 Å². The molecule has 5 nitrogen and oxygen atoms in total. The summed E-state index contributed by atoms with van der Waals surface area (Å²) in [6.45, 7) is 2.26. The average molecular weight is 386 g/mol. The maximum absolute atomic E-state index is 14.1. The minimum atomic E-state index is -1.18. The van der Waals surface area contributed by atoms with Crippen LogP contribution in [0.1, 0.15) is 23.7 Å². The van der Waals surface area contributed by atoms with Gasteiger partial charge in [-0.1, -0.05) is 22.9 Å². The van der Waals surface area contributed by atoms with Crippen molar-refractivity contribution in [1.82, 2.24) is 10.3 Å². The Labute approximate surface area is 139 Å². The lowest BCUT2D eigenvalue weighted by molar-refractivity contribution is 0.0953. The molecule has 1 aromatic carbocycles. The molecule has 2 rings (SSSR count). The monoisotopic (exact) mass is 385 g/mol. The van der Waals surface area contributed by atoms with E-state index >= 15 is 0 Å². The highest BCUT2D eigenvalue weighted by atomic mass is 79.9. The standard InChI is InChI=1S/C15H14BrF2N3O2/c1-2-5-19-14(22)9-7-20-15(23)12(18)13(9)21-11-4-3-8(16)6-10(11)17/h3-4,6-7H,2,5H2,1H3,(H,19,22)(H2,20,21,23).